The van der Waals surface area contributed by atoms with E-state index in [2.05, 4.69) is 0 Å². The summed E-state index contributed by atoms with van der Waals surface area (Å²) in [6.45, 7) is 6.41. The first kappa shape index (κ1) is 21.4. The standard InChI is InChI=1S/C24H31FO6/c1-20(2)30-19-10-16-15-6-5-13-9-14(27)7-8-21(13,3)23(15,25)17(28)11-22(16,4)24(19,31-20)18(29)12-26/h7-9,15-17,19,26,28H,5-6,10-12H2,1-4H3/t15-,16-,17-,19+,21-,22-,23+,24+/m0/s1. The predicted molar refractivity (Wildman–Crippen MR) is 109 cm³/mol. The van der Waals surface area contributed by atoms with Crippen LogP contribution < -0.4 is 0 Å². The molecule has 2 N–H and O–H groups in total. The van der Waals surface area contributed by atoms with Crippen molar-refractivity contribution in [2.45, 2.75) is 82.6 Å². The SMILES string of the molecule is CC1(C)O[C@@H]2C[C@H]3[C@@H]4CCC5=CC(=O)C=C[C@]5(C)[C@]4(F)[C@@H](O)C[C@]3(C)[C@]2(C(=O)CO)O1. The molecule has 31 heavy (non-hydrogen) atoms. The minimum Gasteiger partial charge on any atom is -0.390 e. The number of carbonyl (C=O) groups is 2. The number of aliphatic hydroxyl groups excluding tert-OH is 2. The van der Waals surface area contributed by atoms with Gasteiger partial charge in [0, 0.05) is 16.7 Å². The van der Waals surface area contributed by atoms with Gasteiger partial charge in [0.1, 0.15) is 6.61 Å². The van der Waals surface area contributed by atoms with Crippen LogP contribution in [0.5, 0.6) is 0 Å². The molecule has 0 spiro atoms. The predicted octanol–water partition coefficient (Wildman–Crippen LogP) is 2.42. The lowest BCUT2D eigenvalue weighted by Crippen LogP contribution is -2.70. The second-order valence-electron chi connectivity index (χ2n) is 10.9. The van der Waals surface area contributed by atoms with E-state index in [4.69, 9.17) is 9.47 Å². The smallest absolute Gasteiger partial charge is 0.193 e. The number of ether oxygens (including phenoxy) is 2. The summed E-state index contributed by atoms with van der Waals surface area (Å²) < 4.78 is 29.5. The molecule has 7 heteroatoms. The lowest BCUT2D eigenvalue weighted by Gasteiger charge is -2.62. The maximum atomic E-state index is 17.1. The molecule has 0 radical (unpaired) electrons. The zero-order chi connectivity index (χ0) is 22.6. The number of alkyl halides is 1. The third-order valence-electron chi connectivity index (χ3n) is 9.19. The van der Waals surface area contributed by atoms with Crippen molar-refractivity contribution in [3.8, 4) is 0 Å². The molecule has 0 aromatic rings. The Bertz CT molecular complexity index is 925. The average molecular weight is 435 g/mol. The van der Waals surface area contributed by atoms with Gasteiger partial charge in [-0.05, 0) is 64.5 Å². The maximum Gasteiger partial charge on any atom is 0.193 e. The summed E-state index contributed by atoms with van der Waals surface area (Å²) >= 11 is 0. The molecule has 3 saturated carbocycles. The van der Waals surface area contributed by atoms with Crippen LogP contribution >= 0.6 is 0 Å². The Labute approximate surface area is 181 Å². The molecule has 5 aliphatic rings. The first-order chi connectivity index (χ1) is 14.4. The second-order valence-corrected chi connectivity index (χ2v) is 10.9. The van der Waals surface area contributed by atoms with Crippen LogP contribution in [0, 0.1) is 22.7 Å². The molecule has 0 unspecified atom stereocenters. The average Bonchev–Trinajstić information content (AvgIpc) is 3.09. The zero-order valence-electron chi connectivity index (χ0n) is 18.5. The third kappa shape index (κ3) is 2.31. The van der Waals surface area contributed by atoms with Crippen molar-refractivity contribution in [1.82, 2.24) is 0 Å². The van der Waals surface area contributed by atoms with Crippen LogP contribution in [0.15, 0.2) is 23.8 Å². The summed E-state index contributed by atoms with van der Waals surface area (Å²) in [5.74, 6) is -2.46. The van der Waals surface area contributed by atoms with Gasteiger partial charge in [-0.2, -0.15) is 0 Å². The normalized spacial score (nSPS) is 52.1. The van der Waals surface area contributed by atoms with E-state index < -0.39 is 58.4 Å². The third-order valence-corrected chi connectivity index (χ3v) is 9.19. The fourth-order valence-electron chi connectivity index (χ4n) is 7.93. The van der Waals surface area contributed by atoms with Crippen molar-refractivity contribution < 1.29 is 33.7 Å². The van der Waals surface area contributed by atoms with E-state index in [-0.39, 0.29) is 18.1 Å². The number of rotatable bonds is 2. The van der Waals surface area contributed by atoms with Crippen LogP contribution in [0.3, 0.4) is 0 Å². The van der Waals surface area contributed by atoms with E-state index in [1.54, 1.807) is 26.8 Å². The highest BCUT2D eigenvalue weighted by Crippen LogP contribution is 2.72. The van der Waals surface area contributed by atoms with Gasteiger partial charge in [-0.15, -0.1) is 0 Å². The highest BCUT2D eigenvalue weighted by molar-refractivity contribution is 6.01. The Hall–Kier alpha value is -1.41. The second kappa shape index (κ2) is 6.13. The Balaban J connectivity index is 1.64. The number of allylic oxidation sites excluding steroid dienone is 4. The van der Waals surface area contributed by atoms with Gasteiger partial charge in [-0.1, -0.05) is 18.6 Å². The molecule has 0 aromatic heterocycles. The molecule has 0 aromatic carbocycles. The topological polar surface area (TPSA) is 93.1 Å². The van der Waals surface area contributed by atoms with Gasteiger partial charge in [0.15, 0.2) is 28.6 Å². The van der Waals surface area contributed by atoms with E-state index in [1.165, 1.54) is 12.2 Å². The van der Waals surface area contributed by atoms with E-state index in [0.717, 1.165) is 5.57 Å². The van der Waals surface area contributed by atoms with Crippen molar-refractivity contribution in [1.29, 1.82) is 0 Å². The molecule has 1 aliphatic heterocycles. The number of fused-ring (bicyclic) bond motifs is 7. The van der Waals surface area contributed by atoms with Gasteiger partial charge in [0.25, 0.3) is 0 Å². The number of hydrogen-bond donors (Lipinski definition) is 2. The van der Waals surface area contributed by atoms with Crippen molar-refractivity contribution in [2.24, 2.45) is 22.7 Å². The number of ketones is 2. The zero-order valence-corrected chi connectivity index (χ0v) is 18.5. The Morgan fingerprint density at radius 3 is 2.65 bits per heavy atom. The highest BCUT2D eigenvalue weighted by atomic mass is 19.1. The van der Waals surface area contributed by atoms with Crippen molar-refractivity contribution >= 4 is 11.6 Å². The monoisotopic (exact) mass is 434 g/mol. The number of halogens is 1. The molecule has 170 valence electrons. The van der Waals surface area contributed by atoms with Gasteiger partial charge in [-0.25, -0.2) is 4.39 Å². The van der Waals surface area contributed by atoms with E-state index in [9.17, 15) is 19.8 Å². The Morgan fingerprint density at radius 1 is 1.26 bits per heavy atom. The maximum absolute atomic E-state index is 17.1. The number of carbonyl (C=O) groups excluding carboxylic acids is 2. The minimum atomic E-state index is -1.98. The molecule has 0 amide bonds. The molecule has 5 rings (SSSR count). The fraction of sp³-hybridized carbons (Fsp3) is 0.750. The van der Waals surface area contributed by atoms with Gasteiger partial charge >= 0.3 is 0 Å². The quantitative estimate of drug-likeness (QED) is 0.694. The first-order valence-corrected chi connectivity index (χ1v) is 11.2. The van der Waals surface area contributed by atoms with Gasteiger partial charge in [-0.3, -0.25) is 9.59 Å². The van der Waals surface area contributed by atoms with E-state index >= 15 is 4.39 Å². The van der Waals surface area contributed by atoms with Crippen LogP contribution in [-0.4, -0.2) is 57.7 Å². The van der Waals surface area contributed by atoms with Crippen LogP contribution in [0.1, 0.15) is 53.4 Å². The van der Waals surface area contributed by atoms with Gasteiger partial charge in [0.05, 0.1) is 12.2 Å². The molecule has 0 bridgehead atoms. The molecule has 1 saturated heterocycles. The van der Waals surface area contributed by atoms with Crippen LogP contribution in [0.25, 0.3) is 0 Å². The molecule has 6 nitrogen and oxygen atoms in total. The summed E-state index contributed by atoms with van der Waals surface area (Å²) in [5.41, 5.74) is -4.66. The summed E-state index contributed by atoms with van der Waals surface area (Å²) in [6.07, 6.45) is 4.00. The Morgan fingerprint density at radius 2 is 1.97 bits per heavy atom. The van der Waals surface area contributed by atoms with Crippen molar-refractivity contribution in [2.75, 3.05) is 6.61 Å². The number of hydrogen-bond acceptors (Lipinski definition) is 6. The summed E-state index contributed by atoms with van der Waals surface area (Å²) in [4.78, 5) is 25.1. The fourth-order valence-corrected chi connectivity index (χ4v) is 7.93. The molecular formula is C24H31FO6. The summed E-state index contributed by atoms with van der Waals surface area (Å²) in [7, 11) is 0. The molecular weight excluding hydrogens is 403 g/mol. The van der Waals surface area contributed by atoms with Crippen molar-refractivity contribution in [3.63, 3.8) is 0 Å². The lowest BCUT2D eigenvalue weighted by molar-refractivity contribution is -0.246. The molecule has 8 atom stereocenters. The minimum absolute atomic E-state index is 0.0109. The molecule has 1 heterocycles. The van der Waals surface area contributed by atoms with Crippen molar-refractivity contribution in [3.05, 3.63) is 23.8 Å². The van der Waals surface area contributed by atoms with E-state index in [0.29, 0.717) is 19.3 Å². The van der Waals surface area contributed by atoms with Crippen LogP contribution in [0.2, 0.25) is 0 Å². The Kier molecular flexibility index (Phi) is 4.24. The summed E-state index contributed by atoms with van der Waals surface area (Å²) in [5, 5.41) is 21.2. The van der Waals surface area contributed by atoms with Gasteiger partial charge < -0.3 is 19.7 Å². The van der Waals surface area contributed by atoms with E-state index in [1.807, 2.05) is 6.92 Å². The number of Topliss-reactive ketones (excluding diaryl/α,β-unsaturated/α-hetero) is 1. The molecule has 4 aliphatic carbocycles. The van der Waals surface area contributed by atoms with Crippen LogP contribution in [0.4, 0.5) is 4.39 Å². The number of aliphatic hydroxyl groups is 2. The lowest BCUT2D eigenvalue weighted by atomic mass is 9.44. The highest BCUT2D eigenvalue weighted by Gasteiger charge is 2.79. The largest absolute Gasteiger partial charge is 0.390 e. The summed E-state index contributed by atoms with van der Waals surface area (Å²) in [6, 6.07) is 0. The van der Waals surface area contributed by atoms with Crippen LogP contribution in [-0.2, 0) is 19.1 Å². The van der Waals surface area contributed by atoms with Gasteiger partial charge in [0.2, 0.25) is 0 Å². The first-order valence-electron chi connectivity index (χ1n) is 11.2. The molecule has 4 fully saturated rings.